The molecule has 0 radical (unpaired) electrons. The van der Waals surface area contributed by atoms with Crippen molar-refractivity contribution in [1.29, 1.82) is 0 Å². The first-order chi connectivity index (χ1) is 10.4. The minimum Gasteiger partial charge on any atom is -0.497 e. The van der Waals surface area contributed by atoms with Crippen molar-refractivity contribution in [2.24, 2.45) is 0 Å². The minimum absolute atomic E-state index is 0.133. The van der Waals surface area contributed by atoms with Gasteiger partial charge in [0, 0.05) is 27.7 Å². The minimum atomic E-state index is 0.133. The van der Waals surface area contributed by atoms with Gasteiger partial charge in [-0.1, -0.05) is 24.3 Å². The first-order valence-electron chi connectivity index (χ1n) is 7.22. The molecule has 1 aliphatic carbocycles. The summed E-state index contributed by atoms with van der Waals surface area (Å²) in [6.07, 6.45) is 7.69. The van der Waals surface area contributed by atoms with Gasteiger partial charge < -0.3 is 4.74 Å². The highest BCUT2D eigenvalue weighted by molar-refractivity contribution is 7.44. The predicted molar refractivity (Wildman–Crippen MR) is 91.8 cm³/mol. The van der Waals surface area contributed by atoms with Crippen LogP contribution in [-0.2, 0) is 4.74 Å². The van der Waals surface area contributed by atoms with E-state index in [4.69, 9.17) is 4.74 Å². The fourth-order valence-electron chi connectivity index (χ4n) is 3.11. The Hall–Kier alpha value is -2.06. The van der Waals surface area contributed by atoms with Crippen molar-refractivity contribution in [2.45, 2.75) is 11.7 Å². The molecule has 1 unspecified atom stereocenters. The summed E-state index contributed by atoms with van der Waals surface area (Å²) in [6, 6.07) is 17.7. The molecule has 0 saturated heterocycles. The van der Waals surface area contributed by atoms with Gasteiger partial charge in [0.1, 0.15) is 5.76 Å². The number of ether oxygens (including phenoxy) is 1. The Labute approximate surface area is 127 Å². The van der Waals surface area contributed by atoms with Crippen molar-refractivity contribution < 1.29 is 4.74 Å². The van der Waals surface area contributed by atoms with E-state index < -0.39 is 0 Å². The van der Waals surface area contributed by atoms with Gasteiger partial charge in [-0.15, -0.1) is 0 Å². The van der Waals surface area contributed by atoms with Crippen LogP contribution in [0.5, 0.6) is 0 Å². The topological polar surface area (TPSA) is 9.23 Å². The normalized spacial score (nSPS) is 18.1. The zero-order valence-electron chi connectivity index (χ0n) is 12.0. The van der Waals surface area contributed by atoms with Crippen LogP contribution < -0.4 is 0 Å². The Morgan fingerprint density at radius 1 is 0.952 bits per heavy atom. The third-order valence-corrected chi connectivity index (χ3v) is 6.72. The molecular weight excluding hydrogens is 276 g/mol. The third-order valence-electron chi connectivity index (χ3n) is 4.10. The molecule has 104 valence electrons. The van der Waals surface area contributed by atoms with Crippen LogP contribution in [0.3, 0.4) is 0 Å². The number of fused-ring (bicyclic) bond motifs is 3. The molecule has 0 N–H and O–H groups in total. The maximum atomic E-state index is 5.32. The zero-order chi connectivity index (χ0) is 14.2. The van der Waals surface area contributed by atoms with Crippen molar-refractivity contribution >= 4 is 30.6 Å². The fourth-order valence-corrected chi connectivity index (χ4v) is 5.81. The Bertz CT molecular complexity index is 816. The molecule has 3 aromatic rings. The number of allylic oxidation sites excluding steroid dienone is 3. The molecule has 2 aromatic carbocycles. The van der Waals surface area contributed by atoms with Crippen LogP contribution >= 0.6 is 10.5 Å². The molecule has 0 amide bonds. The summed E-state index contributed by atoms with van der Waals surface area (Å²) in [7, 11) is 1.87. The zero-order valence-corrected chi connectivity index (χ0v) is 12.8. The van der Waals surface area contributed by atoms with E-state index in [9.17, 15) is 0 Å². The average molecular weight is 293 g/mol. The lowest BCUT2D eigenvalue weighted by Gasteiger charge is -2.10. The summed E-state index contributed by atoms with van der Waals surface area (Å²) >= 11 is 0. The second-order valence-corrected chi connectivity index (χ2v) is 7.43. The SMILES string of the molecule is COC1=CCC([s+]2c3ccccc3c3ccccc32)C=C1. The van der Waals surface area contributed by atoms with Crippen molar-refractivity contribution in [3.8, 4) is 0 Å². The van der Waals surface area contributed by atoms with Gasteiger partial charge in [0.2, 0.25) is 0 Å². The van der Waals surface area contributed by atoms with Gasteiger partial charge in [-0.2, -0.15) is 0 Å². The molecule has 0 spiro atoms. The molecule has 2 heteroatoms. The summed E-state index contributed by atoms with van der Waals surface area (Å²) in [4.78, 5) is 0. The lowest BCUT2D eigenvalue weighted by molar-refractivity contribution is 0.303. The summed E-state index contributed by atoms with van der Waals surface area (Å²) in [6.45, 7) is 0. The number of benzene rings is 2. The van der Waals surface area contributed by atoms with Gasteiger partial charge in [-0.3, -0.25) is 0 Å². The Morgan fingerprint density at radius 2 is 1.57 bits per heavy atom. The molecule has 0 bridgehead atoms. The highest BCUT2D eigenvalue weighted by atomic mass is 32.2. The van der Waals surface area contributed by atoms with Crippen LogP contribution in [-0.4, -0.2) is 7.11 Å². The second kappa shape index (κ2) is 5.05. The van der Waals surface area contributed by atoms with E-state index in [2.05, 4.69) is 66.8 Å². The number of hydrogen-bond acceptors (Lipinski definition) is 1. The van der Waals surface area contributed by atoms with Gasteiger partial charge >= 0.3 is 0 Å². The van der Waals surface area contributed by atoms with E-state index in [1.807, 2.05) is 0 Å². The van der Waals surface area contributed by atoms with Crippen LogP contribution in [0.2, 0.25) is 0 Å². The van der Waals surface area contributed by atoms with E-state index >= 15 is 0 Å². The summed E-state index contributed by atoms with van der Waals surface area (Å²) in [5.41, 5.74) is 0. The predicted octanol–water partition coefficient (Wildman–Crippen LogP) is 5.77. The largest absolute Gasteiger partial charge is 0.497 e. The van der Waals surface area contributed by atoms with Crippen LogP contribution in [0.25, 0.3) is 20.2 Å². The van der Waals surface area contributed by atoms with Gasteiger partial charge in [0.15, 0.2) is 14.6 Å². The van der Waals surface area contributed by atoms with E-state index in [0.29, 0.717) is 5.25 Å². The average Bonchev–Trinajstić information content (AvgIpc) is 2.90. The molecule has 1 aromatic heterocycles. The number of thiophene rings is 1. The summed E-state index contributed by atoms with van der Waals surface area (Å²) in [5, 5.41) is 3.35. The second-order valence-electron chi connectivity index (χ2n) is 5.27. The van der Waals surface area contributed by atoms with E-state index in [0.717, 1.165) is 12.2 Å². The van der Waals surface area contributed by atoms with Crippen molar-refractivity contribution in [3.63, 3.8) is 0 Å². The van der Waals surface area contributed by atoms with E-state index in [-0.39, 0.29) is 10.5 Å². The molecule has 1 nitrogen and oxygen atoms in total. The highest BCUT2D eigenvalue weighted by Gasteiger charge is 2.28. The maximum Gasteiger partial charge on any atom is 0.182 e. The van der Waals surface area contributed by atoms with Crippen molar-refractivity contribution in [1.82, 2.24) is 0 Å². The van der Waals surface area contributed by atoms with Crippen LogP contribution in [0, 0.1) is 0 Å². The Kier molecular flexibility index (Phi) is 3.04. The maximum absolute atomic E-state index is 5.32. The highest BCUT2D eigenvalue weighted by Crippen LogP contribution is 2.51. The van der Waals surface area contributed by atoms with Crippen LogP contribution in [0.15, 0.2) is 72.5 Å². The first kappa shape index (κ1) is 12.7. The van der Waals surface area contributed by atoms with E-state index in [1.165, 1.54) is 20.2 Å². The monoisotopic (exact) mass is 293 g/mol. The molecule has 4 rings (SSSR count). The molecule has 0 fully saturated rings. The fraction of sp³-hybridized carbons (Fsp3) is 0.158. The quantitative estimate of drug-likeness (QED) is 0.545. The van der Waals surface area contributed by atoms with Gasteiger partial charge in [0.05, 0.1) is 7.11 Å². The van der Waals surface area contributed by atoms with Gasteiger partial charge in [0.25, 0.3) is 0 Å². The Balaban J connectivity index is 1.95. The first-order valence-corrected chi connectivity index (χ1v) is 8.51. The van der Waals surface area contributed by atoms with Crippen LogP contribution in [0.1, 0.15) is 11.7 Å². The third kappa shape index (κ3) is 1.98. The molecule has 0 saturated carbocycles. The molecule has 1 heterocycles. The van der Waals surface area contributed by atoms with Crippen molar-refractivity contribution in [2.75, 3.05) is 7.11 Å². The standard InChI is InChI=1S/C19H17OS/c1-20-14-10-12-15(13-11-14)21-18-8-4-2-6-16(18)17-7-3-5-9-19(17)21/h2-12,15H,13H2,1H3/q+1. The summed E-state index contributed by atoms with van der Waals surface area (Å²) in [5.74, 6) is 0.982. The molecule has 0 aliphatic heterocycles. The molecule has 21 heavy (non-hydrogen) atoms. The van der Waals surface area contributed by atoms with Crippen molar-refractivity contribution in [3.05, 3.63) is 72.5 Å². The molecule has 1 atom stereocenters. The van der Waals surface area contributed by atoms with Gasteiger partial charge in [-0.25, -0.2) is 0 Å². The number of hydrogen-bond donors (Lipinski definition) is 0. The Morgan fingerprint density at radius 3 is 2.10 bits per heavy atom. The van der Waals surface area contributed by atoms with E-state index in [1.54, 1.807) is 7.11 Å². The van der Waals surface area contributed by atoms with Gasteiger partial charge in [-0.05, 0) is 42.5 Å². The molecular formula is C19H17OS+. The number of methoxy groups -OCH3 is 1. The lowest BCUT2D eigenvalue weighted by atomic mass is 10.2. The summed E-state index contributed by atoms with van der Waals surface area (Å²) < 4.78 is 8.30. The molecule has 1 aliphatic rings. The smallest absolute Gasteiger partial charge is 0.182 e. The van der Waals surface area contributed by atoms with Crippen LogP contribution in [0.4, 0.5) is 0 Å². The lowest BCUT2D eigenvalue weighted by Crippen LogP contribution is -1.94. The number of rotatable bonds is 2.